The highest BCUT2D eigenvalue weighted by molar-refractivity contribution is 7.97. The Morgan fingerprint density at radius 1 is 1.04 bits per heavy atom. The van der Waals surface area contributed by atoms with Crippen molar-refractivity contribution >= 4 is 11.9 Å². The van der Waals surface area contributed by atoms with E-state index in [4.69, 9.17) is 0 Å². The fourth-order valence-electron chi connectivity index (χ4n) is 2.46. The average Bonchev–Trinajstić information content (AvgIpc) is 2.58. The zero-order valence-corrected chi connectivity index (χ0v) is 14.1. The van der Waals surface area contributed by atoms with Gasteiger partial charge in [-0.1, -0.05) is 35.8 Å². The molecule has 1 aromatic heterocycles. The van der Waals surface area contributed by atoms with Gasteiger partial charge in [-0.3, -0.25) is 0 Å². The lowest BCUT2D eigenvalue weighted by Gasteiger charge is -2.26. The van der Waals surface area contributed by atoms with Gasteiger partial charge < -0.3 is 0 Å². The lowest BCUT2D eigenvalue weighted by molar-refractivity contribution is 0.434. The lowest BCUT2D eigenvalue weighted by Crippen LogP contribution is -2.24. The van der Waals surface area contributed by atoms with Crippen LogP contribution in [-0.2, 0) is 0 Å². The van der Waals surface area contributed by atoms with Crippen LogP contribution in [0.1, 0.15) is 24.2 Å². The van der Waals surface area contributed by atoms with Crippen LogP contribution >= 0.6 is 11.9 Å². The molecule has 1 aromatic carbocycles. The van der Waals surface area contributed by atoms with Gasteiger partial charge in [-0.2, -0.15) is 0 Å². The van der Waals surface area contributed by atoms with Crippen molar-refractivity contribution in [3.8, 4) is 11.8 Å². The summed E-state index contributed by atoms with van der Waals surface area (Å²) in [5.41, 5.74) is 3.30. The Balaban J connectivity index is 1.53. The Morgan fingerprint density at radius 3 is 2.57 bits per heavy atom. The zero-order valence-electron chi connectivity index (χ0n) is 13.3. The maximum atomic E-state index is 4.40. The standard InChI is InChI=1S/C20H20N2S/c1-17-7-5-9-19(21-17)10-6-8-18-13-15-22(16-14-18)23-20-11-3-2-4-12-20/h2-5,7-9,11-12H,13-16H2,1H3. The number of rotatable bonds is 2. The zero-order chi connectivity index (χ0) is 15.9. The first-order chi connectivity index (χ1) is 11.3. The summed E-state index contributed by atoms with van der Waals surface area (Å²) in [5.74, 6) is 6.29. The van der Waals surface area contributed by atoms with Crippen molar-refractivity contribution < 1.29 is 0 Å². The van der Waals surface area contributed by atoms with Gasteiger partial charge >= 0.3 is 0 Å². The molecule has 1 saturated heterocycles. The van der Waals surface area contributed by atoms with Gasteiger partial charge in [-0.15, -0.1) is 0 Å². The first-order valence-corrected chi connectivity index (χ1v) is 8.68. The van der Waals surface area contributed by atoms with Gasteiger partial charge in [0, 0.05) is 23.7 Å². The second-order valence-electron chi connectivity index (χ2n) is 5.57. The first kappa shape index (κ1) is 15.9. The number of nitrogens with zero attached hydrogens (tertiary/aromatic N) is 2. The average molecular weight is 320 g/mol. The number of benzene rings is 1. The van der Waals surface area contributed by atoms with E-state index < -0.39 is 0 Å². The van der Waals surface area contributed by atoms with Crippen LogP contribution in [0, 0.1) is 18.8 Å². The smallest absolute Gasteiger partial charge is 0.113 e. The third-order valence-corrected chi connectivity index (χ3v) is 4.81. The van der Waals surface area contributed by atoms with E-state index in [0.717, 1.165) is 37.3 Å². The van der Waals surface area contributed by atoms with Crippen molar-refractivity contribution in [2.45, 2.75) is 24.7 Å². The molecular formula is C20H20N2S. The molecule has 3 heteroatoms. The fraction of sp³-hybridized carbons (Fsp3) is 0.250. The van der Waals surface area contributed by atoms with Crippen molar-refractivity contribution in [1.82, 2.24) is 9.29 Å². The van der Waals surface area contributed by atoms with E-state index in [1.54, 1.807) is 0 Å². The number of allylic oxidation sites excluding steroid dienone is 1. The molecule has 1 aliphatic rings. The molecule has 3 rings (SSSR count). The molecule has 23 heavy (non-hydrogen) atoms. The second kappa shape index (κ2) is 8.01. The Labute approximate surface area is 142 Å². The summed E-state index contributed by atoms with van der Waals surface area (Å²) in [5, 5.41) is 0. The molecule has 0 amide bonds. The fourth-order valence-corrected chi connectivity index (χ4v) is 3.41. The van der Waals surface area contributed by atoms with Crippen LogP contribution in [0.2, 0.25) is 0 Å². The summed E-state index contributed by atoms with van der Waals surface area (Å²) in [4.78, 5) is 5.71. The maximum Gasteiger partial charge on any atom is 0.113 e. The highest BCUT2D eigenvalue weighted by atomic mass is 32.2. The minimum absolute atomic E-state index is 0.846. The molecule has 0 radical (unpaired) electrons. The monoisotopic (exact) mass is 320 g/mol. The second-order valence-corrected chi connectivity index (χ2v) is 6.74. The van der Waals surface area contributed by atoms with Gasteiger partial charge in [-0.25, -0.2) is 9.29 Å². The number of pyridine rings is 1. The number of piperidine rings is 1. The summed E-state index contributed by atoms with van der Waals surface area (Å²) in [6.45, 7) is 4.15. The van der Waals surface area contributed by atoms with Gasteiger partial charge in [0.15, 0.2) is 0 Å². The van der Waals surface area contributed by atoms with Crippen molar-refractivity contribution in [2.75, 3.05) is 13.1 Å². The van der Waals surface area contributed by atoms with Gasteiger partial charge in [0.2, 0.25) is 0 Å². The minimum atomic E-state index is 0.846. The van der Waals surface area contributed by atoms with Crippen LogP contribution in [-0.4, -0.2) is 22.4 Å². The Hall–Kier alpha value is -2.02. The summed E-state index contributed by atoms with van der Waals surface area (Å²) in [6, 6.07) is 16.5. The van der Waals surface area contributed by atoms with Gasteiger partial charge in [-0.05, 0) is 68.0 Å². The molecule has 1 fully saturated rings. The topological polar surface area (TPSA) is 16.1 Å². The molecule has 0 N–H and O–H groups in total. The molecule has 0 saturated carbocycles. The molecule has 2 heterocycles. The summed E-state index contributed by atoms with van der Waals surface area (Å²) >= 11 is 1.85. The van der Waals surface area contributed by atoms with Crippen LogP contribution in [0.15, 0.2) is 65.1 Å². The van der Waals surface area contributed by atoms with Crippen LogP contribution in [0.3, 0.4) is 0 Å². The lowest BCUT2D eigenvalue weighted by atomic mass is 10.1. The molecule has 0 bridgehead atoms. The van der Waals surface area contributed by atoms with Crippen LogP contribution in [0.25, 0.3) is 0 Å². The quantitative estimate of drug-likeness (QED) is 0.600. The van der Waals surface area contributed by atoms with Crippen molar-refractivity contribution in [3.63, 3.8) is 0 Å². The molecule has 0 atom stereocenters. The van der Waals surface area contributed by atoms with Gasteiger partial charge in [0.25, 0.3) is 0 Å². The van der Waals surface area contributed by atoms with E-state index in [1.165, 1.54) is 10.5 Å². The molecule has 2 nitrogen and oxygen atoms in total. The number of hydrogen-bond acceptors (Lipinski definition) is 3. The summed E-state index contributed by atoms with van der Waals surface area (Å²) in [6.07, 6.45) is 4.26. The van der Waals surface area contributed by atoms with E-state index >= 15 is 0 Å². The molecule has 116 valence electrons. The number of aromatic nitrogens is 1. The predicted octanol–water partition coefficient (Wildman–Crippen LogP) is 4.47. The predicted molar refractivity (Wildman–Crippen MR) is 97.0 cm³/mol. The summed E-state index contributed by atoms with van der Waals surface area (Å²) in [7, 11) is 0. The Morgan fingerprint density at radius 2 is 1.83 bits per heavy atom. The highest BCUT2D eigenvalue weighted by Crippen LogP contribution is 2.27. The van der Waals surface area contributed by atoms with Crippen molar-refractivity contribution in [2.24, 2.45) is 0 Å². The normalized spacial score (nSPS) is 14.9. The minimum Gasteiger partial charge on any atom is -0.246 e. The largest absolute Gasteiger partial charge is 0.246 e. The highest BCUT2D eigenvalue weighted by Gasteiger charge is 2.14. The van der Waals surface area contributed by atoms with Crippen molar-refractivity contribution in [3.05, 3.63) is 71.6 Å². The Kier molecular flexibility index (Phi) is 5.52. The molecule has 2 aromatic rings. The van der Waals surface area contributed by atoms with E-state index in [1.807, 2.05) is 37.1 Å². The molecular weight excluding hydrogens is 300 g/mol. The third-order valence-electron chi connectivity index (χ3n) is 3.71. The molecule has 1 aliphatic heterocycles. The number of hydrogen-bond donors (Lipinski definition) is 0. The SMILES string of the molecule is Cc1cccc(C#CC=C2CCN(Sc3ccccc3)CC2)n1. The Bertz CT molecular complexity index is 731. The third kappa shape index (κ3) is 4.99. The van der Waals surface area contributed by atoms with E-state index in [2.05, 4.69) is 57.5 Å². The van der Waals surface area contributed by atoms with Gasteiger partial charge in [0.1, 0.15) is 5.69 Å². The van der Waals surface area contributed by atoms with E-state index in [9.17, 15) is 0 Å². The molecule has 0 aliphatic carbocycles. The van der Waals surface area contributed by atoms with Crippen molar-refractivity contribution in [1.29, 1.82) is 0 Å². The van der Waals surface area contributed by atoms with Crippen LogP contribution < -0.4 is 0 Å². The molecule has 0 unspecified atom stereocenters. The molecule has 0 spiro atoms. The van der Waals surface area contributed by atoms with E-state index in [0.29, 0.717) is 0 Å². The van der Waals surface area contributed by atoms with Crippen LogP contribution in [0.5, 0.6) is 0 Å². The van der Waals surface area contributed by atoms with Crippen LogP contribution in [0.4, 0.5) is 0 Å². The van der Waals surface area contributed by atoms with E-state index in [-0.39, 0.29) is 0 Å². The van der Waals surface area contributed by atoms with Gasteiger partial charge in [0.05, 0.1) is 0 Å². The first-order valence-electron chi connectivity index (χ1n) is 7.91. The maximum absolute atomic E-state index is 4.40. The summed E-state index contributed by atoms with van der Waals surface area (Å²) < 4.78 is 2.43. The number of aryl methyl sites for hydroxylation is 1.